The fraction of sp³-hybridized carbons (Fsp3) is 0.280. The minimum absolute atomic E-state index is 0.0290. The highest BCUT2D eigenvalue weighted by atomic mass is 35.5. The average Bonchev–Trinajstić information content (AvgIpc) is 3.31. The topological polar surface area (TPSA) is 65.8 Å². The van der Waals surface area contributed by atoms with Crippen molar-refractivity contribution in [2.45, 2.75) is 13.8 Å². The van der Waals surface area contributed by atoms with Crippen molar-refractivity contribution in [3.63, 3.8) is 0 Å². The standard InChI is InChI=1S/C25H24Cl2FN3O3/c1-15(2)25(33)31-12-10-30(11-13-31)23-17(26)4-3-5-20(23)29-24(32)22-9-8-21(34-22)16-6-7-19(28)18(27)14-16/h3-9,14-15H,10-13H2,1-2H3,(H,29,32). The van der Waals surface area contributed by atoms with E-state index in [4.69, 9.17) is 27.6 Å². The number of halogens is 3. The highest BCUT2D eigenvalue weighted by Gasteiger charge is 2.26. The molecule has 1 aliphatic heterocycles. The van der Waals surface area contributed by atoms with Crippen molar-refractivity contribution in [2.75, 3.05) is 36.4 Å². The van der Waals surface area contributed by atoms with Gasteiger partial charge in [-0.1, -0.05) is 43.1 Å². The summed E-state index contributed by atoms with van der Waals surface area (Å²) < 4.78 is 19.1. The van der Waals surface area contributed by atoms with Crippen LogP contribution in [0.4, 0.5) is 15.8 Å². The van der Waals surface area contributed by atoms with Gasteiger partial charge in [0.05, 0.1) is 21.4 Å². The molecule has 34 heavy (non-hydrogen) atoms. The van der Waals surface area contributed by atoms with E-state index in [1.807, 2.05) is 18.7 Å². The normalized spacial score (nSPS) is 13.9. The zero-order chi connectivity index (χ0) is 24.4. The molecule has 0 spiro atoms. The van der Waals surface area contributed by atoms with E-state index in [9.17, 15) is 14.0 Å². The molecule has 6 nitrogen and oxygen atoms in total. The molecule has 3 aromatic rings. The van der Waals surface area contributed by atoms with Gasteiger partial charge in [-0.3, -0.25) is 9.59 Å². The van der Waals surface area contributed by atoms with Gasteiger partial charge in [0.1, 0.15) is 11.6 Å². The van der Waals surface area contributed by atoms with E-state index in [1.165, 1.54) is 18.2 Å². The fourth-order valence-corrected chi connectivity index (χ4v) is 4.38. The zero-order valence-corrected chi connectivity index (χ0v) is 20.3. The first-order valence-electron chi connectivity index (χ1n) is 10.9. The van der Waals surface area contributed by atoms with Gasteiger partial charge < -0.3 is 19.5 Å². The number of hydrogen-bond acceptors (Lipinski definition) is 4. The number of hydrogen-bond donors (Lipinski definition) is 1. The molecular formula is C25H24Cl2FN3O3. The summed E-state index contributed by atoms with van der Waals surface area (Å²) in [5.74, 6) is -0.415. The van der Waals surface area contributed by atoms with Gasteiger partial charge in [-0.15, -0.1) is 0 Å². The van der Waals surface area contributed by atoms with Crippen LogP contribution in [0.2, 0.25) is 10.0 Å². The molecule has 9 heteroatoms. The second-order valence-electron chi connectivity index (χ2n) is 8.35. The number of para-hydroxylation sites is 1. The lowest BCUT2D eigenvalue weighted by Crippen LogP contribution is -2.50. The van der Waals surface area contributed by atoms with E-state index in [1.54, 1.807) is 30.3 Å². The molecule has 4 rings (SSSR count). The number of benzene rings is 2. The molecule has 1 N–H and O–H groups in total. The minimum Gasteiger partial charge on any atom is -0.451 e. The predicted molar refractivity (Wildman–Crippen MR) is 132 cm³/mol. The molecule has 1 fully saturated rings. The third kappa shape index (κ3) is 5.05. The summed E-state index contributed by atoms with van der Waals surface area (Å²) in [5, 5.41) is 3.35. The highest BCUT2D eigenvalue weighted by Crippen LogP contribution is 2.35. The van der Waals surface area contributed by atoms with Crippen molar-refractivity contribution in [3.05, 3.63) is 70.2 Å². The molecule has 1 aliphatic rings. The molecule has 2 aromatic carbocycles. The van der Waals surface area contributed by atoms with Gasteiger partial charge in [0, 0.05) is 37.7 Å². The van der Waals surface area contributed by atoms with Gasteiger partial charge in [-0.2, -0.15) is 0 Å². The lowest BCUT2D eigenvalue weighted by molar-refractivity contribution is -0.134. The van der Waals surface area contributed by atoms with E-state index in [2.05, 4.69) is 10.2 Å². The molecule has 0 radical (unpaired) electrons. The monoisotopic (exact) mass is 503 g/mol. The van der Waals surface area contributed by atoms with Crippen LogP contribution >= 0.6 is 23.2 Å². The van der Waals surface area contributed by atoms with Crippen LogP contribution in [-0.4, -0.2) is 42.9 Å². The SMILES string of the molecule is CC(C)C(=O)N1CCN(c2c(Cl)cccc2NC(=O)c2ccc(-c3ccc(F)c(Cl)c3)o2)CC1. The number of carbonyl (C=O) groups excluding carboxylic acids is 2. The summed E-state index contributed by atoms with van der Waals surface area (Å²) in [7, 11) is 0. The van der Waals surface area contributed by atoms with Crippen molar-refractivity contribution < 1.29 is 18.4 Å². The first kappa shape index (κ1) is 24.1. The Balaban J connectivity index is 1.50. The number of nitrogens with zero attached hydrogens (tertiary/aromatic N) is 2. The Morgan fingerprint density at radius 3 is 2.41 bits per heavy atom. The van der Waals surface area contributed by atoms with Gasteiger partial charge in [0.25, 0.3) is 5.91 Å². The van der Waals surface area contributed by atoms with Crippen molar-refractivity contribution >= 4 is 46.4 Å². The molecule has 1 saturated heterocycles. The maximum absolute atomic E-state index is 13.4. The lowest BCUT2D eigenvalue weighted by atomic mass is 10.1. The van der Waals surface area contributed by atoms with Gasteiger partial charge >= 0.3 is 0 Å². The summed E-state index contributed by atoms with van der Waals surface area (Å²) in [4.78, 5) is 29.2. The number of piperazine rings is 1. The Bertz CT molecular complexity index is 1220. The zero-order valence-electron chi connectivity index (χ0n) is 18.8. The van der Waals surface area contributed by atoms with E-state index in [0.29, 0.717) is 53.9 Å². The number of nitrogens with one attached hydrogen (secondary N) is 1. The first-order valence-corrected chi connectivity index (χ1v) is 11.7. The Hall–Kier alpha value is -3.03. The Morgan fingerprint density at radius 2 is 1.74 bits per heavy atom. The largest absolute Gasteiger partial charge is 0.451 e. The molecule has 2 heterocycles. The molecule has 2 amide bonds. The van der Waals surface area contributed by atoms with Gasteiger partial charge in [0.15, 0.2) is 5.76 Å². The molecule has 1 aromatic heterocycles. The predicted octanol–water partition coefficient (Wildman–Crippen LogP) is 5.95. The van der Waals surface area contributed by atoms with Crippen molar-refractivity contribution in [3.8, 4) is 11.3 Å². The molecule has 178 valence electrons. The van der Waals surface area contributed by atoms with E-state index in [-0.39, 0.29) is 22.6 Å². The van der Waals surface area contributed by atoms with Gasteiger partial charge in [0.2, 0.25) is 5.91 Å². The first-order chi connectivity index (χ1) is 16.2. The maximum Gasteiger partial charge on any atom is 0.291 e. The molecule has 0 aliphatic carbocycles. The van der Waals surface area contributed by atoms with Crippen LogP contribution in [0.5, 0.6) is 0 Å². The van der Waals surface area contributed by atoms with Crippen molar-refractivity contribution in [1.82, 2.24) is 4.90 Å². The Kier molecular flexibility index (Phi) is 7.14. The smallest absolute Gasteiger partial charge is 0.291 e. The molecule has 0 unspecified atom stereocenters. The number of anilines is 2. The summed E-state index contributed by atoms with van der Waals surface area (Å²) in [5.41, 5.74) is 1.80. The molecule has 0 bridgehead atoms. The second-order valence-corrected chi connectivity index (χ2v) is 9.16. The van der Waals surface area contributed by atoms with E-state index >= 15 is 0 Å². The number of furan rings is 1. The van der Waals surface area contributed by atoms with Crippen LogP contribution in [0.15, 0.2) is 52.9 Å². The fourth-order valence-electron chi connectivity index (χ4n) is 3.90. The Morgan fingerprint density at radius 1 is 1.00 bits per heavy atom. The van der Waals surface area contributed by atoms with Crippen molar-refractivity contribution in [2.24, 2.45) is 5.92 Å². The van der Waals surface area contributed by atoms with Crippen LogP contribution < -0.4 is 10.2 Å². The number of carbonyl (C=O) groups is 2. The lowest BCUT2D eigenvalue weighted by Gasteiger charge is -2.38. The summed E-state index contributed by atoms with van der Waals surface area (Å²) in [6.45, 7) is 6.14. The van der Waals surface area contributed by atoms with E-state index < -0.39 is 11.7 Å². The maximum atomic E-state index is 13.4. The van der Waals surface area contributed by atoms with Crippen molar-refractivity contribution in [1.29, 1.82) is 0 Å². The average molecular weight is 504 g/mol. The van der Waals surface area contributed by atoms with Crippen LogP contribution in [0, 0.1) is 11.7 Å². The third-order valence-electron chi connectivity index (χ3n) is 5.67. The minimum atomic E-state index is -0.530. The molecule has 0 atom stereocenters. The second kappa shape index (κ2) is 10.1. The third-order valence-corrected chi connectivity index (χ3v) is 6.27. The molecular weight excluding hydrogens is 480 g/mol. The Labute approximate surface area is 207 Å². The van der Waals surface area contributed by atoms with Crippen LogP contribution in [0.25, 0.3) is 11.3 Å². The van der Waals surface area contributed by atoms with Crippen LogP contribution in [0.3, 0.4) is 0 Å². The molecule has 0 saturated carbocycles. The van der Waals surface area contributed by atoms with Gasteiger partial charge in [-0.05, 0) is 42.5 Å². The number of amides is 2. The van der Waals surface area contributed by atoms with Crippen LogP contribution in [0.1, 0.15) is 24.4 Å². The highest BCUT2D eigenvalue weighted by molar-refractivity contribution is 6.34. The van der Waals surface area contributed by atoms with Gasteiger partial charge in [-0.25, -0.2) is 4.39 Å². The summed E-state index contributed by atoms with van der Waals surface area (Å²) >= 11 is 12.4. The summed E-state index contributed by atoms with van der Waals surface area (Å²) in [6, 6.07) is 12.7. The summed E-state index contributed by atoms with van der Waals surface area (Å²) in [6.07, 6.45) is 0. The van der Waals surface area contributed by atoms with E-state index in [0.717, 1.165) is 0 Å². The quantitative estimate of drug-likeness (QED) is 0.467. The van der Waals surface area contributed by atoms with Crippen LogP contribution in [-0.2, 0) is 4.79 Å². The number of rotatable bonds is 5.